The molecule has 4 nitrogen and oxygen atoms in total. The summed E-state index contributed by atoms with van der Waals surface area (Å²) in [6, 6.07) is 3.45. The molecule has 2 N–H and O–H groups in total. The minimum absolute atomic E-state index is 0.466. The van der Waals surface area contributed by atoms with E-state index in [0.29, 0.717) is 15.7 Å². The molecule has 1 aliphatic heterocycles. The van der Waals surface area contributed by atoms with Crippen molar-refractivity contribution in [2.75, 3.05) is 5.73 Å². The summed E-state index contributed by atoms with van der Waals surface area (Å²) in [5.41, 5.74) is 6.60. The quantitative estimate of drug-likeness (QED) is 0.845. The van der Waals surface area contributed by atoms with Crippen LogP contribution in [0.15, 0.2) is 22.2 Å². The molecule has 0 unspecified atom stereocenters. The van der Waals surface area contributed by atoms with E-state index in [-0.39, 0.29) is 0 Å². The van der Waals surface area contributed by atoms with Gasteiger partial charge < -0.3 is 10.3 Å². The Morgan fingerprint density at radius 3 is 2.75 bits per heavy atom. The van der Waals surface area contributed by atoms with Crippen molar-refractivity contribution in [3.63, 3.8) is 0 Å². The Balaban J connectivity index is 1.92. The van der Waals surface area contributed by atoms with Gasteiger partial charge in [0.1, 0.15) is 5.82 Å². The van der Waals surface area contributed by atoms with Crippen LogP contribution in [0.3, 0.4) is 0 Å². The van der Waals surface area contributed by atoms with Crippen LogP contribution in [0.25, 0.3) is 0 Å². The van der Waals surface area contributed by atoms with E-state index < -0.39 is 0 Å². The Hall–Kier alpha value is -0.910. The molecule has 2 heterocycles. The fourth-order valence-electron chi connectivity index (χ4n) is 2.26. The number of benzene rings is 1. The molecule has 3 rings (SSSR count). The van der Waals surface area contributed by atoms with Crippen LogP contribution < -0.4 is 5.73 Å². The molecule has 0 saturated carbocycles. The lowest BCUT2D eigenvalue weighted by Crippen LogP contribution is -2.02. The molecule has 1 aromatic heterocycles. The van der Waals surface area contributed by atoms with Gasteiger partial charge in [-0.25, -0.2) is 0 Å². The van der Waals surface area contributed by atoms with Crippen molar-refractivity contribution >= 4 is 40.7 Å². The molecule has 1 aliphatic rings. The Morgan fingerprint density at radius 1 is 1.10 bits per heavy atom. The largest absolute Gasteiger partial charge is 0.398 e. The van der Waals surface area contributed by atoms with Crippen LogP contribution in [0, 0.1) is 0 Å². The third-order valence-electron chi connectivity index (χ3n) is 3.33. The van der Waals surface area contributed by atoms with E-state index in [0.717, 1.165) is 35.3 Å². The van der Waals surface area contributed by atoms with E-state index in [9.17, 15) is 0 Å². The number of nitrogens with zero attached hydrogens (tertiary/aromatic N) is 3. The Morgan fingerprint density at radius 2 is 1.90 bits per heavy atom. The lowest BCUT2D eigenvalue weighted by molar-refractivity contribution is 0.591. The van der Waals surface area contributed by atoms with Crippen LogP contribution in [0.4, 0.5) is 5.69 Å². The predicted molar refractivity (Wildman–Crippen MR) is 82.6 cm³/mol. The standard InChI is InChI=1S/C13H14Cl2N4S/c14-8-6-10(16)11(7-9(8)15)20-13-18-17-12-4-2-1-3-5-19(12)13/h6-7H,1-5,16H2. The van der Waals surface area contributed by atoms with E-state index in [1.165, 1.54) is 24.6 Å². The maximum Gasteiger partial charge on any atom is 0.196 e. The van der Waals surface area contributed by atoms with Crippen molar-refractivity contribution in [1.29, 1.82) is 0 Å². The number of rotatable bonds is 2. The number of fused-ring (bicyclic) bond motifs is 1. The zero-order valence-electron chi connectivity index (χ0n) is 10.8. The molecule has 20 heavy (non-hydrogen) atoms. The van der Waals surface area contributed by atoms with Gasteiger partial charge in [-0.15, -0.1) is 10.2 Å². The summed E-state index contributed by atoms with van der Waals surface area (Å²) in [4.78, 5) is 0.860. The van der Waals surface area contributed by atoms with E-state index in [1.54, 1.807) is 12.1 Å². The zero-order valence-corrected chi connectivity index (χ0v) is 13.1. The second-order valence-corrected chi connectivity index (χ2v) is 6.59. The number of halogens is 2. The van der Waals surface area contributed by atoms with Crippen molar-refractivity contribution in [2.45, 2.75) is 42.3 Å². The summed E-state index contributed by atoms with van der Waals surface area (Å²) in [6.07, 6.45) is 4.57. The van der Waals surface area contributed by atoms with Gasteiger partial charge in [-0.2, -0.15) is 0 Å². The molecular weight excluding hydrogens is 315 g/mol. The van der Waals surface area contributed by atoms with Crippen molar-refractivity contribution in [1.82, 2.24) is 14.8 Å². The highest BCUT2D eigenvalue weighted by Gasteiger charge is 2.17. The van der Waals surface area contributed by atoms with Crippen molar-refractivity contribution < 1.29 is 0 Å². The minimum Gasteiger partial charge on any atom is -0.398 e. The first-order chi connectivity index (χ1) is 9.65. The Kier molecular flexibility index (Phi) is 4.10. The Bertz CT molecular complexity index is 642. The van der Waals surface area contributed by atoms with E-state index >= 15 is 0 Å². The third kappa shape index (κ3) is 2.75. The fraction of sp³-hybridized carbons (Fsp3) is 0.385. The van der Waals surface area contributed by atoms with Crippen LogP contribution in [0.5, 0.6) is 0 Å². The van der Waals surface area contributed by atoms with Gasteiger partial charge >= 0.3 is 0 Å². The summed E-state index contributed by atoms with van der Waals surface area (Å²) in [6.45, 7) is 0.964. The molecule has 2 aromatic rings. The van der Waals surface area contributed by atoms with Crippen LogP contribution >= 0.6 is 35.0 Å². The maximum atomic E-state index is 6.05. The number of nitrogens with two attached hydrogens (primary N) is 1. The van der Waals surface area contributed by atoms with Gasteiger partial charge in [0.25, 0.3) is 0 Å². The average molecular weight is 329 g/mol. The molecule has 0 amide bonds. The number of hydrogen-bond donors (Lipinski definition) is 1. The molecule has 0 bridgehead atoms. The second kappa shape index (κ2) is 5.84. The number of aromatic nitrogens is 3. The zero-order chi connectivity index (χ0) is 14.1. The van der Waals surface area contributed by atoms with E-state index in [2.05, 4.69) is 14.8 Å². The first-order valence-electron chi connectivity index (χ1n) is 6.49. The number of hydrogen-bond acceptors (Lipinski definition) is 4. The van der Waals surface area contributed by atoms with E-state index in [1.807, 2.05) is 0 Å². The van der Waals surface area contributed by atoms with Crippen molar-refractivity contribution in [3.05, 3.63) is 28.0 Å². The van der Waals surface area contributed by atoms with Gasteiger partial charge in [-0.1, -0.05) is 29.6 Å². The molecule has 0 radical (unpaired) electrons. The van der Waals surface area contributed by atoms with Crippen LogP contribution in [-0.2, 0) is 13.0 Å². The second-order valence-electron chi connectivity index (χ2n) is 4.77. The summed E-state index contributed by atoms with van der Waals surface area (Å²) < 4.78 is 2.18. The van der Waals surface area contributed by atoms with Crippen molar-refractivity contribution in [3.8, 4) is 0 Å². The van der Waals surface area contributed by atoms with Gasteiger partial charge in [0.2, 0.25) is 0 Å². The average Bonchev–Trinajstić information content (AvgIpc) is 2.65. The number of anilines is 1. The molecule has 0 aliphatic carbocycles. The highest BCUT2D eigenvalue weighted by molar-refractivity contribution is 7.99. The Labute approximate surface area is 131 Å². The van der Waals surface area contributed by atoms with Gasteiger partial charge in [-0.05, 0) is 36.7 Å². The van der Waals surface area contributed by atoms with Crippen molar-refractivity contribution in [2.24, 2.45) is 0 Å². The summed E-state index contributed by atoms with van der Waals surface area (Å²) in [5, 5.41) is 10.4. The van der Waals surface area contributed by atoms with Gasteiger partial charge in [0.15, 0.2) is 5.16 Å². The molecule has 0 spiro atoms. The summed E-state index contributed by atoms with van der Waals surface area (Å²) >= 11 is 13.5. The molecular formula is C13H14Cl2N4S. The predicted octanol–water partition coefficient (Wildman–Crippen LogP) is 4.04. The smallest absolute Gasteiger partial charge is 0.196 e. The van der Waals surface area contributed by atoms with E-state index in [4.69, 9.17) is 28.9 Å². The number of aryl methyl sites for hydroxylation is 1. The minimum atomic E-state index is 0.466. The topological polar surface area (TPSA) is 56.7 Å². The first-order valence-corrected chi connectivity index (χ1v) is 8.07. The van der Waals surface area contributed by atoms with Crippen LogP contribution in [0.2, 0.25) is 10.0 Å². The lowest BCUT2D eigenvalue weighted by Gasteiger charge is -2.09. The third-order valence-corrected chi connectivity index (χ3v) is 5.11. The summed E-state index contributed by atoms with van der Waals surface area (Å²) in [5.74, 6) is 1.06. The van der Waals surface area contributed by atoms with Crippen LogP contribution in [-0.4, -0.2) is 14.8 Å². The summed E-state index contributed by atoms with van der Waals surface area (Å²) in [7, 11) is 0. The normalized spacial score (nSPS) is 14.9. The molecule has 0 saturated heterocycles. The van der Waals surface area contributed by atoms with Gasteiger partial charge in [0.05, 0.1) is 10.0 Å². The highest BCUT2D eigenvalue weighted by Crippen LogP contribution is 2.37. The lowest BCUT2D eigenvalue weighted by atomic mass is 10.2. The molecule has 106 valence electrons. The molecule has 0 atom stereocenters. The SMILES string of the molecule is Nc1cc(Cl)c(Cl)cc1Sc1nnc2n1CCCCC2. The maximum absolute atomic E-state index is 6.05. The molecule has 0 fully saturated rings. The number of nitrogen functional groups attached to an aromatic ring is 1. The first kappa shape index (κ1) is 14.0. The van der Waals surface area contributed by atoms with Crippen LogP contribution in [0.1, 0.15) is 25.1 Å². The molecule has 7 heteroatoms. The highest BCUT2D eigenvalue weighted by atomic mass is 35.5. The fourth-order valence-corrected chi connectivity index (χ4v) is 3.60. The molecule has 1 aromatic carbocycles. The van der Waals surface area contributed by atoms with Gasteiger partial charge in [0, 0.05) is 23.5 Å². The van der Waals surface area contributed by atoms with Gasteiger partial charge in [-0.3, -0.25) is 0 Å². The monoisotopic (exact) mass is 328 g/mol.